The van der Waals surface area contributed by atoms with Crippen LogP contribution in [0.15, 0.2) is 103 Å². The molecule has 2 aromatic heterocycles. The lowest BCUT2D eigenvalue weighted by Gasteiger charge is -2.31. The van der Waals surface area contributed by atoms with Crippen LogP contribution in [0.3, 0.4) is 0 Å². The fraction of sp³-hybridized carbons (Fsp3) is 0.184. The Bertz CT molecular complexity index is 2170. The zero-order valence-corrected chi connectivity index (χ0v) is 25.4. The molecular formula is C38H32N4O2+2. The number of hydrogen-bond acceptors (Lipinski definition) is 3. The molecule has 0 fully saturated rings. The van der Waals surface area contributed by atoms with E-state index in [9.17, 15) is 0 Å². The first kappa shape index (κ1) is 25.3. The van der Waals surface area contributed by atoms with E-state index in [2.05, 4.69) is 134 Å². The highest BCUT2D eigenvalue weighted by atomic mass is 16.5. The number of aryl methyl sites for hydroxylation is 2. The molecular weight excluding hydrogens is 544 g/mol. The maximum absolute atomic E-state index is 6.66. The quantitative estimate of drug-likeness (QED) is 0.200. The third-order valence-corrected chi connectivity index (χ3v) is 9.34. The summed E-state index contributed by atoms with van der Waals surface area (Å²) in [6.07, 6.45) is 4.32. The summed E-state index contributed by atoms with van der Waals surface area (Å²) in [5.41, 5.74) is 10.3. The average Bonchev–Trinajstić information content (AvgIpc) is 3.55. The highest BCUT2D eigenvalue weighted by Gasteiger charge is 2.73. The van der Waals surface area contributed by atoms with Crippen LogP contribution in [0.5, 0.6) is 23.1 Å². The summed E-state index contributed by atoms with van der Waals surface area (Å²) in [4.78, 5) is 2.13. The molecule has 3 aliphatic rings. The Morgan fingerprint density at radius 3 is 2.14 bits per heavy atom. The van der Waals surface area contributed by atoms with Gasteiger partial charge in [-0.05, 0) is 71.3 Å². The highest BCUT2D eigenvalue weighted by molar-refractivity contribution is 5.75. The van der Waals surface area contributed by atoms with Gasteiger partial charge in [0.15, 0.2) is 28.8 Å². The Hall–Kier alpha value is -5.23. The number of rotatable bonds is 2. The highest BCUT2D eigenvalue weighted by Crippen LogP contribution is 2.55. The van der Waals surface area contributed by atoms with E-state index < -0.39 is 5.66 Å². The summed E-state index contributed by atoms with van der Waals surface area (Å²) in [5.74, 6) is 3.15. The Kier molecular flexibility index (Phi) is 4.85. The number of benzene rings is 4. The molecule has 6 aromatic rings. The van der Waals surface area contributed by atoms with Crippen molar-refractivity contribution in [3.05, 3.63) is 131 Å². The van der Waals surface area contributed by atoms with Gasteiger partial charge in [-0.25, -0.2) is 0 Å². The molecule has 3 aliphatic heterocycles. The summed E-state index contributed by atoms with van der Waals surface area (Å²) in [6.45, 7) is 11.0. The van der Waals surface area contributed by atoms with Gasteiger partial charge in [-0.2, -0.15) is 0 Å². The van der Waals surface area contributed by atoms with Crippen LogP contribution in [0, 0.1) is 13.8 Å². The molecule has 6 heteroatoms. The molecule has 1 spiro atoms. The van der Waals surface area contributed by atoms with Crippen molar-refractivity contribution in [2.24, 2.45) is 0 Å². The lowest BCUT2D eigenvalue weighted by atomic mass is 9.84. The zero-order valence-electron chi connectivity index (χ0n) is 25.4. The zero-order chi connectivity index (χ0) is 30.0. The summed E-state index contributed by atoms with van der Waals surface area (Å²) in [5, 5.41) is 5.46. The fourth-order valence-corrected chi connectivity index (χ4v) is 7.38. The second kappa shape index (κ2) is 8.44. The topological polar surface area (TPSA) is 44.0 Å². The number of hydrogen-bond donors (Lipinski definition) is 0. The van der Waals surface area contributed by atoms with Gasteiger partial charge in [-0.1, -0.05) is 84.6 Å². The normalized spacial score (nSPS) is 16.8. The van der Waals surface area contributed by atoms with E-state index in [1.54, 1.807) is 0 Å². The monoisotopic (exact) mass is 576 g/mol. The Balaban J connectivity index is 1.33. The van der Waals surface area contributed by atoms with Gasteiger partial charge in [0.1, 0.15) is 23.4 Å². The molecule has 4 aromatic carbocycles. The maximum Gasteiger partial charge on any atom is 0.477 e. The van der Waals surface area contributed by atoms with E-state index in [-0.39, 0.29) is 5.41 Å². The van der Waals surface area contributed by atoms with Crippen molar-refractivity contribution in [2.45, 2.75) is 45.7 Å². The van der Waals surface area contributed by atoms with Gasteiger partial charge in [-0.3, -0.25) is 0 Å². The van der Waals surface area contributed by atoms with E-state index in [4.69, 9.17) is 14.6 Å². The number of ether oxygens (including phenoxy) is 2. The van der Waals surface area contributed by atoms with Crippen molar-refractivity contribution in [3.8, 4) is 51.2 Å². The van der Waals surface area contributed by atoms with Crippen LogP contribution in [0.4, 0.5) is 0 Å². The van der Waals surface area contributed by atoms with Crippen molar-refractivity contribution >= 4 is 0 Å². The minimum atomic E-state index is -0.829. The van der Waals surface area contributed by atoms with Gasteiger partial charge < -0.3 is 9.47 Å². The van der Waals surface area contributed by atoms with Crippen LogP contribution >= 0.6 is 0 Å². The van der Waals surface area contributed by atoms with Gasteiger partial charge in [0.2, 0.25) is 0 Å². The largest absolute Gasteiger partial charge is 0.477 e. The van der Waals surface area contributed by atoms with Crippen LogP contribution < -0.4 is 18.8 Å². The fourth-order valence-electron chi connectivity index (χ4n) is 7.38. The molecule has 0 saturated heterocycles. The number of aromatic nitrogens is 4. The molecule has 0 saturated carbocycles. The third-order valence-electron chi connectivity index (χ3n) is 9.34. The van der Waals surface area contributed by atoms with Gasteiger partial charge in [0, 0.05) is 16.7 Å². The number of nitrogens with zero attached hydrogens (tertiary/aromatic N) is 4. The first-order chi connectivity index (χ1) is 21.2. The SMILES string of the molecule is Cc1cc(-c2ccccc2)cc(C)c1-c1cn2[n+](n1)C13c4c(cccc4Oc4cc(C(C)(C)C)cc[n+]41)Oc1cccc-2c13. The second-order valence-electron chi connectivity index (χ2n) is 13.1. The summed E-state index contributed by atoms with van der Waals surface area (Å²) < 4.78 is 17.6. The maximum atomic E-state index is 6.66. The molecule has 9 rings (SSSR count). The minimum Gasteiger partial charge on any atom is -0.455 e. The predicted octanol–water partition coefficient (Wildman–Crippen LogP) is 7.52. The Morgan fingerprint density at radius 2 is 1.41 bits per heavy atom. The van der Waals surface area contributed by atoms with Gasteiger partial charge >= 0.3 is 11.5 Å². The van der Waals surface area contributed by atoms with E-state index >= 15 is 0 Å². The molecule has 1 atom stereocenters. The molecule has 1 unspecified atom stereocenters. The molecule has 0 aliphatic carbocycles. The predicted molar refractivity (Wildman–Crippen MR) is 168 cm³/mol. The van der Waals surface area contributed by atoms with Crippen molar-refractivity contribution < 1.29 is 18.8 Å². The molecule has 5 heterocycles. The van der Waals surface area contributed by atoms with E-state index in [0.717, 1.165) is 51.2 Å². The van der Waals surface area contributed by atoms with Crippen molar-refractivity contribution in [1.82, 2.24) is 9.78 Å². The standard InChI is InChI=1S/C38H32N4O2/c1-23-19-26(25-11-7-6-8-12-25)20-24(2)34(23)28-22-41-29-13-9-14-30-35(29)38(42(41)39-28)36-31(43-30)15-10-16-32(36)44-33-21-27(37(3,4)5)17-18-40(33)38/h6-22H,1-5H3/q+2. The smallest absolute Gasteiger partial charge is 0.455 e. The first-order valence-corrected chi connectivity index (χ1v) is 15.1. The summed E-state index contributed by atoms with van der Waals surface area (Å²) in [6, 6.07) is 31.8. The van der Waals surface area contributed by atoms with Crippen LogP contribution in [-0.4, -0.2) is 9.78 Å². The van der Waals surface area contributed by atoms with E-state index in [1.807, 2.05) is 18.2 Å². The van der Waals surface area contributed by atoms with Gasteiger partial charge in [0.05, 0.1) is 10.9 Å². The van der Waals surface area contributed by atoms with Crippen LogP contribution in [0.25, 0.3) is 28.1 Å². The van der Waals surface area contributed by atoms with Crippen LogP contribution in [0.1, 0.15) is 48.6 Å². The third kappa shape index (κ3) is 3.17. The lowest BCUT2D eigenvalue weighted by Crippen LogP contribution is -2.77. The van der Waals surface area contributed by atoms with E-state index in [1.165, 1.54) is 27.8 Å². The molecule has 214 valence electrons. The van der Waals surface area contributed by atoms with Crippen molar-refractivity contribution in [2.75, 3.05) is 0 Å². The molecule has 6 nitrogen and oxygen atoms in total. The number of pyridine rings is 1. The van der Waals surface area contributed by atoms with E-state index in [0.29, 0.717) is 0 Å². The van der Waals surface area contributed by atoms with Crippen molar-refractivity contribution in [3.63, 3.8) is 0 Å². The number of fused-ring (bicyclic) bond motifs is 3. The van der Waals surface area contributed by atoms with Crippen LogP contribution in [-0.2, 0) is 11.1 Å². The van der Waals surface area contributed by atoms with Crippen molar-refractivity contribution in [1.29, 1.82) is 0 Å². The lowest BCUT2D eigenvalue weighted by molar-refractivity contribution is -1.02. The minimum absolute atomic E-state index is 0.0348. The average molecular weight is 577 g/mol. The van der Waals surface area contributed by atoms with Gasteiger partial charge in [0.25, 0.3) is 0 Å². The van der Waals surface area contributed by atoms with Crippen LogP contribution in [0.2, 0.25) is 0 Å². The summed E-state index contributed by atoms with van der Waals surface area (Å²) in [7, 11) is 0. The molecule has 0 N–H and O–H groups in total. The molecule has 0 radical (unpaired) electrons. The molecule has 44 heavy (non-hydrogen) atoms. The first-order valence-electron chi connectivity index (χ1n) is 15.1. The van der Waals surface area contributed by atoms with Gasteiger partial charge in [-0.15, -0.1) is 0 Å². The summed E-state index contributed by atoms with van der Waals surface area (Å²) >= 11 is 0. The molecule has 0 bridgehead atoms. The Labute approximate surface area is 256 Å². The Morgan fingerprint density at radius 1 is 0.727 bits per heavy atom. The second-order valence-corrected chi connectivity index (χ2v) is 13.1. The molecule has 0 amide bonds.